The molecule has 0 fully saturated rings. The summed E-state index contributed by atoms with van der Waals surface area (Å²) < 4.78 is 13.1. The van der Waals surface area contributed by atoms with Crippen LogP contribution in [-0.2, 0) is 0 Å². The highest BCUT2D eigenvalue weighted by molar-refractivity contribution is 5.54. The van der Waals surface area contributed by atoms with Crippen molar-refractivity contribution < 1.29 is 4.39 Å². The lowest BCUT2D eigenvalue weighted by atomic mass is 10.1. The molecule has 1 aromatic rings. The summed E-state index contributed by atoms with van der Waals surface area (Å²) in [6, 6.07) is 4.89. The second-order valence-corrected chi connectivity index (χ2v) is 3.68. The van der Waals surface area contributed by atoms with E-state index >= 15 is 0 Å². The first kappa shape index (κ1) is 11.8. The first-order chi connectivity index (χ1) is 7.24. The Hall–Kier alpha value is -1.31. The fraction of sp³-hybridized carbons (Fsp3) is 0.385. The van der Waals surface area contributed by atoms with Gasteiger partial charge in [0.15, 0.2) is 0 Å². The summed E-state index contributed by atoms with van der Waals surface area (Å²) in [7, 11) is 0. The Balaban J connectivity index is 2.46. The lowest BCUT2D eigenvalue weighted by Gasteiger charge is -1.98. The third-order valence-corrected chi connectivity index (χ3v) is 2.31. The molecule has 1 aromatic carbocycles. The summed E-state index contributed by atoms with van der Waals surface area (Å²) in [4.78, 5) is 0. The molecule has 0 saturated heterocycles. The molecule has 0 aliphatic rings. The highest BCUT2D eigenvalue weighted by Crippen LogP contribution is 2.13. The highest BCUT2D eigenvalue weighted by atomic mass is 19.1. The summed E-state index contributed by atoms with van der Waals surface area (Å²) in [5.41, 5.74) is 6.46. The van der Waals surface area contributed by atoms with Crippen LogP contribution in [0, 0.1) is 5.82 Å². The van der Waals surface area contributed by atoms with Gasteiger partial charge in [0.05, 0.1) is 5.69 Å². The summed E-state index contributed by atoms with van der Waals surface area (Å²) in [5.74, 6) is -0.342. The van der Waals surface area contributed by atoms with Crippen LogP contribution >= 0.6 is 0 Å². The van der Waals surface area contributed by atoms with Gasteiger partial charge in [-0.05, 0) is 30.5 Å². The van der Waals surface area contributed by atoms with Gasteiger partial charge in [-0.3, -0.25) is 0 Å². The largest absolute Gasteiger partial charge is 0.396 e. The van der Waals surface area contributed by atoms with Crippen LogP contribution in [0.2, 0.25) is 0 Å². The van der Waals surface area contributed by atoms with Crippen molar-refractivity contribution in [3.63, 3.8) is 0 Å². The lowest BCUT2D eigenvalue weighted by molar-refractivity contribution is 0.632. The maximum absolute atomic E-state index is 13.1. The molecule has 2 heteroatoms. The normalized spacial score (nSPS) is 11.1. The number of benzene rings is 1. The molecule has 1 rings (SSSR count). The first-order valence-corrected chi connectivity index (χ1v) is 5.45. The number of rotatable bonds is 5. The number of halogens is 1. The van der Waals surface area contributed by atoms with Gasteiger partial charge in [-0.25, -0.2) is 4.39 Å². The van der Waals surface area contributed by atoms with E-state index in [0.29, 0.717) is 0 Å². The zero-order valence-corrected chi connectivity index (χ0v) is 9.17. The molecule has 15 heavy (non-hydrogen) atoms. The smallest absolute Gasteiger partial charge is 0.146 e. The van der Waals surface area contributed by atoms with Crippen molar-refractivity contribution in [1.29, 1.82) is 0 Å². The number of nitrogens with two attached hydrogens (primary N) is 1. The maximum Gasteiger partial charge on any atom is 0.146 e. The molecule has 0 radical (unpaired) electrons. The van der Waals surface area contributed by atoms with Gasteiger partial charge < -0.3 is 5.73 Å². The van der Waals surface area contributed by atoms with Crippen LogP contribution < -0.4 is 5.73 Å². The second-order valence-electron chi connectivity index (χ2n) is 3.68. The number of hydrogen-bond acceptors (Lipinski definition) is 1. The minimum absolute atomic E-state index is 0.207. The van der Waals surface area contributed by atoms with Crippen molar-refractivity contribution in [2.75, 3.05) is 5.73 Å². The van der Waals surface area contributed by atoms with E-state index in [9.17, 15) is 4.39 Å². The molecular weight excluding hydrogens is 189 g/mol. The highest BCUT2D eigenvalue weighted by Gasteiger charge is 1.96. The molecule has 0 aliphatic carbocycles. The topological polar surface area (TPSA) is 26.0 Å². The van der Waals surface area contributed by atoms with E-state index in [4.69, 9.17) is 5.73 Å². The maximum atomic E-state index is 13.1. The van der Waals surface area contributed by atoms with Gasteiger partial charge in [0.1, 0.15) is 5.82 Å². The Morgan fingerprint density at radius 1 is 1.33 bits per heavy atom. The van der Waals surface area contributed by atoms with Crippen LogP contribution in [0.25, 0.3) is 6.08 Å². The number of unbranched alkanes of at least 4 members (excludes halogenated alkanes) is 3. The molecule has 0 heterocycles. The van der Waals surface area contributed by atoms with Gasteiger partial charge in [-0.2, -0.15) is 0 Å². The monoisotopic (exact) mass is 207 g/mol. The molecule has 0 aliphatic heterocycles. The van der Waals surface area contributed by atoms with Crippen LogP contribution in [0.5, 0.6) is 0 Å². The fourth-order valence-electron chi connectivity index (χ4n) is 1.38. The van der Waals surface area contributed by atoms with Crippen molar-refractivity contribution in [1.82, 2.24) is 0 Å². The molecule has 0 atom stereocenters. The van der Waals surface area contributed by atoms with Gasteiger partial charge in [0.2, 0.25) is 0 Å². The molecule has 0 aromatic heterocycles. The average molecular weight is 207 g/mol. The van der Waals surface area contributed by atoms with Crippen LogP contribution in [0.4, 0.5) is 10.1 Å². The Labute approximate surface area is 90.8 Å². The van der Waals surface area contributed by atoms with Gasteiger partial charge in [0, 0.05) is 0 Å². The Morgan fingerprint density at radius 2 is 2.13 bits per heavy atom. The van der Waals surface area contributed by atoms with Gasteiger partial charge >= 0.3 is 0 Å². The van der Waals surface area contributed by atoms with Crippen LogP contribution in [-0.4, -0.2) is 0 Å². The molecule has 0 spiro atoms. The third-order valence-electron chi connectivity index (χ3n) is 2.31. The molecule has 82 valence electrons. The summed E-state index contributed by atoms with van der Waals surface area (Å²) in [6.07, 6.45) is 8.76. The quantitative estimate of drug-likeness (QED) is 0.573. The summed E-state index contributed by atoms with van der Waals surface area (Å²) in [6.45, 7) is 2.18. The number of allylic oxidation sites excluding steroid dienone is 1. The van der Waals surface area contributed by atoms with Gasteiger partial charge in [-0.15, -0.1) is 0 Å². The third kappa shape index (κ3) is 4.15. The molecular formula is C13H18FN. The molecule has 0 saturated carbocycles. The van der Waals surface area contributed by atoms with Crippen molar-refractivity contribution in [2.24, 2.45) is 0 Å². The van der Waals surface area contributed by atoms with Crippen molar-refractivity contribution in [3.8, 4) is 0 Å². The predicted molar refractivity (Wildman–Crippen MR) is 64.0 cm³/mol. The second kappa shape index (κ2) is 6.23. The number of nitrogen functional groups attached to an aromatic ring is 1. The van der Waals surface area contributed by atoms with Crippen LogP contribution in [0.3, 0.4) is 0 Å². The fourth-order valence-corrected chi connectivity index (χ4v) is 1.38. The minimum Gasteiger partial charge on any atom is -0.396 e. The molecule has 1 nitrogen and oxygen atoms in total. The first-order valence-electron chi connectivity index (χ1n) is 5.45. The Kier molecular flexibility index (Phi) is 4.88. The number of anilines is 1. The average Bonchev–Trinajstić information content (AvgIpc) is 2.23. The van der Waals surface area contributed by atoms with E-state index in [1.807, 2.05) is 12.1 Å². The summed E-state index contributed by atoms with van der Waals surface area (Å²) in [5, 5.41) is 0. The molecule has 2 N–H and O–H groups in total. The number of hydrogen-bond donors (Lipinski definition) is 1. The van der Waals surface area contributed by atoms with Crippen molar-refractivity contribution in [2.45, 2.75) is 32.6 Å². The van der Waals surface area contributed by atoms with E-state index in [2.05, 4.69) is 13.0 Å². The zero-order valence-electron chi connectivity index (χ0n) is 9.17. The Bertz CT molecular complexity index is 331. The molecule has 0 amide bonds. The standard InChI is InChI=1S/C13H18FN/c1-2-3-4-5-6-7-11-8-9-13(15)12(14)10-11/h6-10H,2-5,15H2,1H3. The van der Waals surface area contributed by atoms with Gasteiger partial charge in [-0.1, -0.05) is 38.0 Å². The molecule has 0 bridgehead atoms. The van der Waals surface area contributed by atoms with E-state index in [1.54, 1.807) is 6.07 Å². The van der Waals surface area contributed by atoms with Crippen LogP contribution in [0.15, 0.2) is 24.3 Å². The minimum atomic E-state index is -0.342. The summed E-state index contributed by atoms with van der Waals surface area (Å²) >= 11 is 0. The van der Waals surface area contributed by atoms with Crippen LogP contribution in [0.1, 0.15) is 38.2 Å². The lowest BCUT2D eigenvalue weighted by Crippen LogP contribution is -1.89. The Morgan fingerprint density at radius 3 is 2.80 bits per heavy atom. The molecule has 0 unspecified atom stereocenters. The predicted octanol–water partition coefficient (Wildman–Crippen LogP) is 4.00. The van der Waals surface area contributed by atoms with Gasteiger partial charge in [0.25, 0.3) is 0 Å². The van der Waals surface area contributed by atoms with Crippen molar-refractivity contribution in [3.05, 3.63) is 35.7 Å². The zero-order chi connectivity index (χ0) is 11.1. The van der Waals surface area contributed by atoms with E-state index in [1.165, 1.54) is 25.3 Å². The van der Waals surface area contributed by atoms with E-state index < -0.39 is 0 Å². The van der Waals surface area contributed by atoms with Crippen molar-refractivity contribution >= 4 is 11.8 Å². The van der Waals surface area contributed by atoms with E-state index in [0.717, 1.165) is 12.0 Å². The van der Waals surface area contributed by atoms with E-state index in [-0.39, 0.29) is 11.5 Å². The SMILES string of the molecule is CCCCCC=Cc1ccc(N)c(F)c1.